The first-order valence-electron chi connectivity index (χ1n) is 13.5. The van der Waals surface area contributed by atoms with Crippen molar-refractivity contribution in [2.45, 2.75) is 13.3 Å². The van der Waals surface area contributed by atoms with E-state index in [2.05, 4.69) is 139 Å². The molecule has 1 aliphatic rings. The molecular weight excluding hydrogens is 470 g/mol. The van der Waals surface area contributed by atoms with Gasteiger partial charge in [0.1, 0.15) is 0 Å². The van der Waals surface area contributed by atoms with Crippen molar-refractivity contribution >= 4 is 27.4 Å². The molecule has 0 fully saturated rings. The Bertz CT molecular complexity index is 1960. The second-order valence-corrected chi connectivity index (χ2v) is 10.3. The molecule has 186 valence electrons. The van der Waals surface area contributed by atoms with Crippen LogP contribution in [0.15, 0.2) is 140 Å². The zero-order valence-electron chi connectivity index (χ0n) is 22.1. The Balaban J connectivity index is 1.39. The quantitative estimate of drug-likeness (QED) is 0.213. The van der Waals surface area contributed by atoms with Gasteiger partial charge in [0, 0.05) is 16.5 Å². The fourth-order valence-corrected chi connectivity index (χ4v) is 6.05. The fraction of sp³-hybridized carbons (Fsp3) is 0.0526. The Labute approximate surface area is 229 Å². The minimum atomic E-state index is 0.937. The topological polar surface area (TPSA) is 4.93 Å². The van der Waals surface area contributed by atoms with Crippen LogP contribution in [0.25, 0.3) is 55.3 Å². The van der Waals surface area contributed by atoms with E-state index in [0.29, 0.717) is 0 Å². The molecule has 0 bridgehead atoms. The molecule has 1 heteroatoms. The number of fused-ring (bicyclic) bond motifs is 6. The number of hydrogen-bond acceptors (Lipinski definition) is 0. The van der Waals surface area contributed by atoms with Crippen LogP contribution in [-0.2, 0) is 6.42 Å². The third-order valence-corrected chi connectivity index (χ3v) is 7.86. The van der Waals surface area contributed by atoms with Crippen LogP contribution in [0.4, 0.5) is 0 Å². The van der Waals surface area contributed by atoms with Crippen molar-refractivity contribution in [3.05, 3.63) is 157 Å². The van der Waals surface area contributed by atoms with Gasteiger partial charge in [0.05, 0.1) is 11.0 Å². The van der Waals surface area contributed by atoms with Gasteiger partial charge in [-0.25, -0.2) is 0 Å². The molecule has 0 saturated carbocycles. The monoisotopic (exact) mass is 499 g/mol. The Kier molecular flexibility index (Phi) is 5.64. The van der Waals surface area contributed by atoms with Gasteiger partial charge >= 0.3 is 0 Å². The zero-order valence-corrected chi connectivity index (χ0v) is 22.1. The molecule has 6 aromatic rings. The summed E-state index contributed by atoms with van der Waals surface area (Å²) in [5.41, 5.74) is 14.0. The van der Waals surface area contributed by atoms with Crippen LogP contribution in [0, 0.1) is 6.92 Å². The summed E-state index contributed by atoms with van der Waals surface area (Å²) in [5, 5.41) is 2.59. The molecule has 1 aliphatic carbocycles. The van der Waals surface area contributed by atoms with Crippen LogP contribution in [0.2, 0.25) is 0 Å². The van der Waals surface area contributed by atoms with E-state index in [1.165, 1.54) is 72.0 Å². The van der Waals surface area contributed by atoms with E-state index in [1.54, 1.807) is 0 Å². The van der Waals surface area contributed by atoms with Gasteiger partial charge < -0.3 is 4.57 Å². The summed E-state index contributed by atoms with van der Waals surface area (Å²) in [7, 11) is 0. The van der Waals surface area contributed by atoms with E-state index in [0.717, 1.165) is 6.42 Å². The molecule has 7 rings (SSSR count). The number of para-hydroxylation sites is 1. The van der Waals surface area contributed by atoms with Gasteiger partial charge in [0.2, 0.25) is 0 Å². The highest BCUT2D eigenvalue weighted by Crippen LogP contribution is 2.41. The molecule has 0 aliphatic heterocycles. The number of aromatic nitrogens is 1. The molecule has 0 atom stereocenters. The van der Waals surface area contributed by atoms with Crippen LogP contribution >= 0.6 is 0 Å². The number of aryl methyl sites for hydroxylation is 1. The molecule has 39 heavy (non-hydrogen) atoms. The minimum Gasteiger partial charge on any atom is -0.309 e. The van der Waals surface area contributed by atoms with E-state index in [9.17, 15) is 0 Å². The Morgan fingerprint density at radius 3 is 2.38 bits per heavy atom. The van der Waals surface area contributed by atoms with Crippen LogP contribution in [0.1, 0.15) is 16.7 Å². The van der Waals surface area contributed by atoms with Crippen molar-refractivity contribution < 1.29 is 0 Å². The van der Waals surface area contributed by atoms with E-state index in [-0.39, 0.29) is 0 Å². The van der Waals surface area contributed by atoms with Gasteiger partial charge in [-0.2, -0.15) is 0 Å². The molecule has 5 aromatic carbocycles. The summed E-state index contributed by atoms with van der Waals surface area (Å²) in [6, 6.07) is 40.1. The Morgan fingerprint density at radius 2 is 1.46 bits per heavy atom. The minimum absolute atomic E-state index is 0.937. The van der Waals surface area contributed by atoms with Gasteiger partial charge in [-0.3, -0.25) is 0 Å². The highest BCUT2D eigenvalue weighted by molar-refractivity contribution is 6.09. The molecular formula is C38H29N. The molecule has 0 spiro atoms. The van der Waals surface area contributed by atoms with E-state index in [1.807, 2.05) is 12.2 Å². The fourth-order valence-electron chi connectivity index (χ4n) is 6.05. The second-order valence-electron chi connectivity index (χ2n) is 10.3. The molecule has 0 amide bonds. The maximum absolute atomic E-state index is 3.81. The molecule has 0 N–H and O–H groups in total. The summed E-state index contributed by atoms with van der Waals surface area (Å²) < 4.78 is 2.40. The third kappa shape index (κ3) is 3.95. The summed E-state index contributed by atoms with van der Waals surface area (Å²) in [5.74, 6) is 0. The maximum Gasteiger partial charge on any atom is 0.0541 e. The lowest BCUT2D eigenvalue weighted by Gasteiger charge is -2.23. The summed E-state index contributed by atoms with van der Waals surface area (Å²) >= 11 is 0. The van der Waals surface area contributed by atoms with Gasteiger partial charge in [0.25, 0.3) is 0 Å². The molecule has 1 aromatic heterocycles. The lowest BCUT2D eigenvalue weighted by Crippen LogP contribution is -2.03. The van der Waals surface area contributed by atoms with Gasteiger partial charge in [-0.15, -0.1) is 0 Å². The van der Waals surface area contributed by atoms with Crippen molar-refractivity contribution in [2.75, 3.05) is 0 Å². The van der Waals surface area contributed by atoms with E-state index < -0.39 is 0 Å². The highest BCUT2D eigenvalue weighted by atomic mass is 15.0. The lowest BCUT2D eigenvalue weighted by molar-refractivity contribution is 1.18. The van der Waals surface area contributed by atoms with Crippen LogP contribution < -0.4 is 0 Å². The SMILES string of the molecule is C=C/C=C\C=C1/Cc2ccccc2-c2cc(-c3cccc(-n4c5ccccc5c5cc(C)ccc54)c3)ccc21. The van der Waals surface area contributed by atoms with E-state index >= 15 is 0 Å². The largest absolute Gasteiger partial charge is 0.309 e. The van der Waals surface area contributed by atoms with Gasteiger partial charge in [-0.05, 0) is 88.7 Å². The number of nitrogens with zero attached hydrogens (tertiary/aromatic N) is 1. The standard InChI is InChI=1S/C38H29N/c1-3-4-5-11-30-23-29-12-6-7-15-32(29)35-25-28(19-20-33(30)35)27-13-10-14-31(24-27)39-37-17-9-8-16-34(37)36-22-26(2)18-21-38(36)39/h3-22,24-25H,1,23H2,2H3/b5-4-,30-11+. The summed E-state index contributed by atoms with van der Waals surface area (Å²) in [6.07, 6.45) is 9.06. The summed E-state index contributed by atoms with van der Waals surface area (Å²) in [6.45, 7) is 5.98. The van der Waals surface area contributed by atoms with Crippen molar-refractivity contribution in [3.63, 3.8) is 0 Å². The molecule has 1 heterocycles. The van der Waals surface area contributed by atoms with Crippen LogP contribution in [-0.4, -0.2) is 4.57 Å². The first-order chi connectivity index (χ1) is 19.2. The predicted octanol–water partition coefficient (Wildman–Crippen LogP) is 10.1. The highest BCUT2D eigenvalue weighted by Gasteiger charge is 2.20. The van der Waals surface area contributed by atoms with Gasteiger partial charge in [-0.1, -0.05) is 109 Å². The number of benzene rings is 5. The predicted molar refractivity (Wildman–Crippen MR) is 167 cm³/mol. The first kappa shape index (κ1) is 23.3. The van der Waals surface area contributed by atoms with Crippen molar-refractivity contribution in [1.82, 2.24) is 4.57 Å². The van der Waals surface area contributed by atoms with Crippen LogP contribution in [0.5, 0.6) is 0 Å². The average Bonchev–Trinajstić information content (AvgIpc) is 3.30. The number of allylic oxidation sites excluding steroid dienone is 5. The number of rotatable bonds is 4. The third-order valence-electron chi connectivity index (χ3n) is 7.86. The smallest absolute Gasteiger partial charge is 0.0541 e. The Morgan fingerprint density at radius 1 is 0.641 bits per heavy atom. The van der Waals surface area contributed by atoms with Crippen molar-refractivity contribution in [1.29, 1.82) is 0 Å². The second kappa shape index (κ2) is 9.45. The normalized spacial score (nSPS) is 13.7. The van der Waals surface area contributed by atoms with E-state index in [4.69, 9.17) is 0 Å². The van der Waals surface area contributed by atoms with Gasteiger partial charge in [0.15, 0.2) is 0 Å². The van der Waals surface area contributed by atoms with Crippen molar-refractivity contribution in [2.24, 2.45) is 0 Å². The molecule has 0 radical (unpaired) electrons. The molecule has 0 saturated heterocycles. The van der Waals surface area contributed by atoms with Crippen LogP contribution in [0.3, 0.4) is 0 Å². The maximum atomic E-state index is 3.81. The molecule has 1 nitrogen and oxygen atoms in total. The zero-order chi connectivity index (χ0) is 26.3. The first-order valence-corrected chi connectivity index (χ1v) is 13.5. The summed E-state index contributed by atoms with van der Waals surface area (Å²) in [4.78, 5) is 0. The van der Waals surface area contributed by atoms with Crippen molar-refractivity contribution in [3.8, 4) is 27.9 Å². The Hall–Kier alpha value is -4.88. The number of hydrogen-bond donors (Lipinski definition) is 0. The average molecular weight is 500 g/mol. The lowest BCUT2D eigenvalue weighted by atomic mass is 9.81. The molecule has 0 unspecified atom stereocenters.